The van der Waals surface area contributed by atoms with Crippen LogP contribution >= 0.6 is 0 Å². The maximum Gasteiger partial charge on any atom is 0.260 e. The van der Waals surface area contributed by atoms with Gasteiger partial charge in [-0.05, 0) is 0 Å². The van der Waals surface area contributed by atoms with Gasteiger partial charge < -0.3 is 21.1 Å². The summed E-state index contributed by atoms with van der Waals surface area (Å²) in [4.78, 5) is 30.1. The molecule has 19 heavy (non-hydrogen) atoms. The zero-order valence-corrected chi connectivity index (χ0v) is 9.53. The number of guanidine groups is 1. The summed E-state index contributed by atoms with van der Waals surface area (Å²) in [6.45, 7) is 0. The maximum absolute atomic E-state index is 11.8. The van der Waals surface area contributed by atoms with Gasteiger partial charge in [-0.3, -0.25) is 9.78 Å². The van der Waals surface area contributed by atoms with Gasteiger partial charge in [-0.1, -0.05) is 0 Å². The first-order chi connectivity index (χ1) is 9.16. The topological polar surface area (TPSA) is 142 Å². The Hall–Kier alpha value is -2.97. The summed E-state index contributed by atoms with van der Waals surface area (Å²) < 4.78 is 0. The summed E-state index contributed by atoms with van der Waals surface area (Å²) in [7, 11) is 0. The van der Waals surface area contributed by atoms with Crippen molar-refractivity contribution in [2.75, 3.05) is 5.32 Å². The lowest BCUT2D eigenvalue weighted by molar-refractivity contribution is 0.439. The standard InChI is InChI=1S/C10H9N7O2/c11-10-16-5(4-8(18)14-3-15-9(4)19)6-7(17-10)13-2-1-12-6/h1-3,5H,(H3,11,13,16,17)(H2,14,15,18,19). The van der Waals surface area contributed by atoms with E-state index in [0.717, 1.165) is 6.33 Å². The lowest BCUT2D eigenvalue weighted by Gasteiger charge is -2.20. The number of hydrogen-bond acceptors (Lipinski definition) is 8. The third kappa shape index (κ3) is 1.76. The van der Waals surface area contributed by atoms with Gasteiger partial charge in [0.05, 0.1) is 6.33 Å². The van der Waals surface area contributed by atoms with E-state index in [-0.39, 0.29) is 11.5 Å². The van der Waals surface area contributed by atoms with Crippen molar-refractivity contribution in [1.82, 2.24) is 19.9 Å². The smallest absolute Gasteiger partial charge is 0.260 e. The van der Waals surface area contributed by atoms with Crippen molar-refractivity contribution >= 4 is 11.8 Å². The van der Waals surface area contributed by atoms with Crippen LogP contribution < -0.4 is 16.6 Å². The minimum atomic E-state index is -0.845. The monoisotopic (exact) mass is 259 g/mol. The Kier molecular flexibility index (Phi) is 2.37. The summed E-state index contributed by atoms with van der Waals surface area (Å²) in [6.07, 6.45) is 4.05. The Bertz CT molecular complexity index is 724. The third-order valence-corrected chi connectivity index (χ3v) is 2.64. The average Bonchev–Trinajstić information content (AvgIpc) is 2.38. The highest BCUT2D eigenvalue weighted by molar-refractivity contribution is 5.94. The molecule has 2 aromatic heterocycles. The van der Waals surface area contributed by atoms with Gasteiger partial charge in [0.2, 0.25) is 5.88 Å². The van der Waals surface area contributed by atoms with Gasteiger partial charge in [0.25, 0.3) is 5.56 Å². The van der Waals surface area contributed by atoms with E-state index in [9.17, 15) is 9.90 Å². The first-order valence-corrected chi connectivity index (χ1v) is 5.34. The molecule has 9 heteroatoms. The van der Waals surface area contributed by atoms with E-state index in [0.29, 0.717) is 11.5 Å². The van der Waals surface area contributed by atoms with Gasteiger partial charge in [-0.2, -0.15) is 0 Å². The Balaban J connectivity index is 2.24. The summed E-state index contributed by atoms with van der Waals surface area (Å²) >= 11 is 0. The van der Waals surface area contributed by atoms with Crippen LogP contribution in [0.2, 0.25) is 0 Å². The van der Waals surface area contributed by atoms with E-state index in [1.54, 1.807) is 0 Å². The number of fused-ring (bicyclic) bond motifs is 1. The Morgan fingerprint density at radius 2 is 2.05 bits per heavy atom. The SMILES string of the molecule is NC1=NC(c2c(O)nc[nH]c2=O)c2nccnc2N1. The second-order valence-corrected chi connectivity index (χ2v) is 3.80. The molecule has 0 aromatic carbocycles. The zero-order chi connectivity index (χ0) is 13.4. The van der Waals surface area contributed by atoms with Gasteiger partial charge in [0, 0.05) is 12.4 Å². The first-order valence-electron chi connectivity index (χ1n) is 5.34. The number of aromatic nitrogens is 4. The molecule has 0 radical (unpaired) electrons. The molecule has 5 N–H and O–H groups in total. The number of H-pyrrole nitrogens is 1. The minimum absolute atomic E-state index is 0.0197. The van der Waals surface area contributed by atoms with E-state index in [1.165, 1.54) is 12.4 Å². The molecule has 96 valence electrons. The normalized spacial score (nSPS) is 17.3. The van der Waals surface area contributed by atoms with Crippen molar-refractivity contribution < 1.29 is 5.11 Å². The maximum atomic E-state index is 11.8. The Morgan fingerprint density at radius 3 is 2.84 bits per heavy atom. The number of aliphatic imine (C=N–C) groups is 1. The summed E-state index contributed by atoms with van der Waals surface area (Å²) in [5.41, 5.74) is 5.50. The fourth-order valence-corrected chi connectivity index (χ4v) is 1.85. The summed E-state index contributed by atoms with van der Waals surface area (Å²) in [5.74, 6) is 0.0621. The molecule has 9 nitrogen and oxygen atoms in total. The Labute approximate surface area is 106 Å². The van der Waals surface area contributed by atoms with Gasteiger partial charge >= 0.3 is 0 Å². The van der Waals surface area contributed by atoms with Crippen LogP contribution in [-0.2, 0) is 0 Å². The highest BCUT2D eigenvalue weighted by atomic mass is 16.3. The van der Waals surface area contributed by atoms with Gasteiger partial charge in [0.1, 0.15) is 17.3 Å². The number of aromatic hydroxyl groups is 1. The third-order valence-electron chi connectivity index (χ3n) is 2.64. The van der Waals surface area contributed by atoms with Gasteiger partial charge in [-0.15, -0.1) is 0 Å². The molecular formula is C10H9N7O2. The predicted molar refractivity (Wildman–Crippen MR) is 65.6 cm³/mol. The molecule has 1 unspecified atom stereocenters. The van der Waals surface area contributed by atoms with E-state index in [4.69, 9.17) is 5.73 Å². The molecule has 0 amide bonds. The number of hydrogen-bond donors (Lipinski definition) is 4. The summed E-state index contributed by atoms with van der Waals surface area (Å²) in [5, 5.41) is 12.5. The molecule has 3 rings (SSSR count). The second kappa shape index (κ2) is 4.05. The lowest BCUT2D eigenvalue weighted by Crippen LogP contribution is -2.31. The van der Waals surface area contributed by atoms with Crippen molar-refractivity contribution in [3.8, 4) is 5.88 Å². The number of anilines is 1. The molecular weight excluding hydrogens is 250 g/mol. The number of rotatable bonds is 1. The van der Waals surface area contributed by atoms with E-state index >= 15 is 0 Å². The Morgan fingerprint density at radius 1 is 1.26 bits per heavy atom. The van der Waals surface area contributed by atoms with Crippen LogP contribution in [0.3, 0.4) is 0 Å². The molecule has 0 bridgehead atoms. The molecule has 0 aliphatic carbocycles. The molecule has 0 saturated carbocycles. The fourth-order valence-electron chi connectivity index (χ4n) is 1.85. The first kappa shape index (κ1) is 11.1. The molecule has 0 saturated heterocycles. The fraction of sp³-hybridized carbons (Fsp3) is 0.100. The van der Waals surface area contributed by atoms with Crippen LogP contribution in [0.15, 0.2) is 28.5 Å². The number of nitrogens with two attached hydrogens (primary N) is 1. The lowest BCUT2D eigenvalue weighted by atomic mass is 10.1. The van der Waals surface area contributed by atoms with Crippen molar-refractivity contribution in [2.45, 2.75) is 6.04 Å². The molecule has 1 aliphatic heterocycles. The van der Waals surface area contributed by atoms with Crippen LogP contribution in [0.25, 0.3) is 0 Å². The van der Waals surface area contributed by atoms with Crippen LogP contribution in [0, 0.1) is 0 Å². The largest absolute Gasteiger partial charge is 0.493 e. The highest BCUT2D eigenvalue weighted by Crippen LogP contribution is 2.32. The van der Waals surface area contributed by atoms with E-state index < -0.39 is 17.5 Å². The summed E-state index contributed by atoms with van der Waals surface area (Å²) in [6, 6.07) is -0.845. The number of aromatic amines is 1. The quantitative estimate of drug-likeness (QED) is 0.519. The van der Waals surface area contributed by atoms with Crippen molar-refractivity contribution in [1.29, 1.82) is 0 Å². The van der Waals surface area contributed by atoms with Crippen molar-refractivity contribution in [3.05, 3.63) is 40.3 Å². The highest BCUT2D eigenvalue weighted by Gasteiger charge is 2.29. The second-order valence-electron chi connectivity index (χ2n) is 3.80. The molecule has 0 fully saturated rings. The van der Waals surface area contributed by atoms with Gasteiger partial charge in [-0.25, -0.2) is 15.0 Å². The minimum Gasteiger partial charge on any atom is -0.493 e. The molecule has 3 heterocycles. The van der Waals surface area contributed by atoms with Crippen LogP contribution in [0.4, 0.5) is 5.82 Å². The van der Waals surface area contributed by atoms with Gasteiger partial charge in [0.15, 0.2) is 11.8 Å². The number of nitrogens with zero attached hydrogens (tertiary/aromatic N) is 4. The predicted octanol–water partition coefficient (Wildman–Crippen LogP) is -0.905. The van der Waals surface area contributed by atoms with Crippen molar-refractivity contribution in [3.63, 3.8) is 0 Å². The van der Waals surface area contributed by atoms with Crippen LogP contribution in [-0.4, -0.2) is 31.0 Å². The van der Waals surface area contributed by atoms with E-state index in [1.807, 2.05) is 0 Å². The average molecular weight is 259 g/mol. The van der Waals surface area contributed by atoms with Crippen molar-refractivity contribution in [2.24, 2.45) is 10.7 Å². The van der Waals surface area contributed by atoms with E-state index in [2.05, 4.69) is 30.2 Å². The molecule has 1 aliphatic rings. The zero-order valence-electron chi connectivity index (χ0n) is 9.53. The molecule has 1 atom stereocenters. The molecule has 0 spiro atoms. The molecule has 2 aromatic rings. The van der Waals surface area contributed by atoms with Crippen LogP contribution in [0.5, 0.6) is 5.88 Å². The van der Waals surface area contributed by atoms with Crippen LogP contribution in [0.1, 0.15) is 17.3 Å². The number of nitrogens with one attached hydrogen (secondary N) is 2.